The summed E-state index contributed by atoms with van der Waals surface area (Å²) in [6, 6.07) is 48.5. The van der Waals surface area contributed by atoms with Gasteiger partial charge in [-0.3, -0.25) is 0 Å². The van der Waals surface area contributed by atoms with Crippen LogP contribution in [0, 0.1) is 0 Å². The Morgan fingerprint density at radius 1 is 0.439 bits per heavy atom. The van der Waals surface area contributed by atoms with Crippen molar-refractivity contribution in [2.24, 2.45) is 0 Å². The Morgan fingerprint density at radius 3 is 1.66 bits per heavy atom. The van der Waals surface area contributed by atoms with Crippen LogP contribution in [0.1, 0.15) is 39.6 Å². The van der Waals surface area contributed by atoms with Crippen LogP contribution in [0.5, 0.6) is 0 Å². The van der Waals surface area contributed by atoms with Gasteiger partial charge in [0.05, 0.1) is 5.69 Å². The Hall–Kier alpha value is -5.34. The molecule has 2 heteroatoms. The van der Waals surface area contributed by atoms with Gasteiger partial charge in [0.15, 0.2) is 0 Å². The smallest absolute Gasteiger partial charge is 0.0513 e. The summed E-state index contributed by atoms with van der Waals surface area (Å²) in [4.78, 5) is 7.73. The molecule has 0 radical (unpaired) electrons. The highest BCUT2D eigenvalue weighted by Crippen LogP contribution is 2.51. The van der Waals surface area contributed by atoms with Crippen LogP contribution in [0.25, 0.3) is 55.0 Å². The first-order valence-electron chi connectivity index (χ1n) is 14.2. The fourth-order valence-electron chi connectivity index (χ4n) is 7.14. The largest absolute Gasteiger partial charge is 0.355 e. The number of para-hydroxylation sites is 2. The van der Waals surface area contributed by atoms with E-state index in [1.165, 1.54) is 77.0 Å². The molecule has 2 nitrogen and oxygen atoms in total. The van der Waals surface area contributed by atoms with Gasteiger partial charge in [-0.15, -0.1) is 0 Å². The van der Waals surface area contributed by atoms with Crippen molar-refractivity contribution in [2.75, 3.05) is 0 Å². The first-order valence-corrected chi connectivity index (χ1v) is 14.2. The fourth-order valence-corrected chi connectivity index (χ4v) is 7.14. The molecular formula is C39H26N2. The lowest BCUT2D eigenvalue weighted by Gasteiger charge is -2.23. The SMILES string of the molecule is C1=C(c2ccccc2)c2[nH]c3ccccc3c2C(c2c3ccccc3cc3ccccc23)c2c1[nH]c1ccccc21. The van der Waals surface area contributed by atoms with Gasteiger partial charge in [0.1, 0.15) is 0 Å². The molecule has 2 N–H and O–H groups in total. The normalized spacial score (nSPS) is 14.7. The summed E-state index contributed by atoms with van der Waals surface area (Å²) in [5.41, 5.74) is 11.1. The molecule has 192 valence electrons. The number of fused-ring (bicyclic) bond motifs is 8. The summed E-state index contributed by atoms with van der Waals surface area (Å²) in [6.45, 7) is 0. The van der Waals surface area contributed by atoms with E-state index in [4.69, 9.17) is 0 Å². The van der Waals surface area contributed by atoms with Gasteiger partial charge in [0.2, 0.25) is 0 Å². The first kappa shape index (κ1) is 22.5. The molecule has 6 aromatic carbocycles. The molecule has 0 bridgehead atoms. The lowest BCUT2D eigenvalue weighted by atomic mass is 9.78. The lowest BCUT2D eigenvalue weighted by molar-refractivity contribution is 1.01. The Morgan fingerprint density at radius 2 is 0.976 bits per heavy atom. The Bertz CT molecular complexity index is 2260. The minimum atomic E-state index is 0.000706. The van der Waals surface area contributed by atoms with Crippen LogP contribution in [0.4, 0.5) is 0 Å². The van der Waals surface area contributed by atoms with Crippen molar-refractivity contribution in [2.45, 2.75) is 5.92 Å². The van der Waals surface area contributed by atoms with Gasteiger partial charge < -0.3 is 9.97 Å². The van der Waals surface area contributed by atoms with Gasteiger partial charge in [-0.1, -0.05) is 115 Å². The van der Waals surface area contributed by atoms with Crippen molar-refractivity contribution >= 4 is 55.0 Å². The Labute approximate surface area is 237 Å². The fraction of sp³-hybridized carbons (Fsp3) is 0.0256. The van der Waals surface area contributed by atoms with Crippen molar-refractivity contribution in [1.82, 2.24) is 9.97 Å². The standard InChI is InChI=1S/C39H26N2/c1-2-12-24(13-3-1)31-23-34-36(29-18-8-10-20-32(29)40-34)38(37-30-19-9-11-21-33(30)41-39(31)37)35-27-16-6-4-14-25(27)22-26-15-5-7-17-28(26)35/h1-23,38,40-41H. The number of nitrogens with one attached hydrogen (secondary N) is 2. The highest BCUT2D eigenvalue weighted by atomic mass is 14.8. The van der Waals surface area contributed by atoms with Crippen molar-refractivity contribution < 1.29 is 0 Å². The van der Waals surface area contributed by atoms with E-state index in [0.29, 0.717) is 0 Å². The number of H-pyrrole nitrogens is 2. The Kier molecular flexibility index (Phi) is 4.70. The molecule has 0 saturated carbocycles. The number of aromatic amines is 2. The summed E-state index contributed by atoms with van der Waals surface area (Å²) >= 11 is 0. The molecule has 1 atom stereocenters. The summed E-state index contributed by atoms with van der Waals surface area (Å²) in [5.74, 6) is 0.000706. The van der Waals surface area contributed by atoms with Gasteiger partial charge in [-0.05, 0) is 68.1 Å². The van der Waals surface area contributed by atoms with E-state index in [2.05, 4.69) is 150 Å². The van der Waals surface area contributed by atoms with Crippen LogP contribution >= 0.6 is 0 Å². The van der Waals surface area contributed by atoms with E-state index in [0.717, 1.165) is 5.52 Å². The molecule has 0 amide bonds. The van der Waals surface area contributed by atoms with E-state index in [-0.39, 0.29) is 5.92 Å². The van der Waals surface area contributed by atoms with E-state index < -0.39 is 0 Å². The molecule has 9 rings (SSSR count). The van der Waals surface area contributed by atoms with Crippen molar-refractivity contribution in [3.63, 3.8) is 0 Å². The molecule has 41 heavy (non-hydrogen) atoms. The maximum atomic E-state index is 3.89. The van der Waals surface area contributed by atoms with Crippen molar-refractivity contribution in [3.8, 4) is 0 Å². The molecule has 1 aliphatic carbocycles. The first-order chi connectivity index (χ1) is 20.3. The molecule has 2 aromatic heterocycles. The predicted octanol–water partition coefficient (Wildman–Crippen LogP) is 10.0. The second-order valence-corrected chi connectivity index (χ2v) is 11.0. The minimum absolute atomic E-state index is 0.000706. The molecule has 0 spiro atoms. The molecule has 0 saturated heterocycles. The molecule has 1 unspecified atom stereocenters. The summed E-state index contributed by atoms with van der Waals surface area (Å²) in [6.07, 6.45) is 2.37. The van der Waals surface area contributed by atoms with Gasteiger partial charge in [0, 0.05) is 39.0 Å². The van der Waals surface area contributed by atoms with E-state index in [9.17, 15) is 0 Å². The molecule has 1 aliphatic rings. The van der Waals surface area contributed by atoms with Gasteiger partial charge in [0.25, 0.3) is 0 Å². The van der Waals surface area contributed by atoms with E-state index in [1.807, 2.05) is 0 Å². The van der Waals surface area contributed by atoms with Crippen LogP contribution in [0.3, 0.4) is 0 Å². The zero-order valence-corrected chi connectivity index (χ0v) is 22.4. The molecule has 0 fully saturated rings. The third-order valence-electron chi connectivity index (χ3n) is 8.84. The number of rotatable bonds is 2. The van der Waals surface area contributed by atoms with Crippen LogP contribution in [-0.4, -0.2) is 9.97 Å². The maximum absolute atomic E-state index is 3.89. The third-order valence-corrected chi connectivity index (χ3v) is 8.84. The van der Waals surface area contributed by atoms with Crippen LogP contribution in [0.2, 0.25) is 0 Å². The van der Waals surface area contributed by atoms with E-state index >= 15 is 0 Å². The highest BCUT2D eigenvalue weighted by Gasteiger charge is 2.34. The molecular weight excluding hydrogens is 496 g/mol. The highest BCUT2D eigenvalue weighted by molar-refractivity contribution is 6.08. The van der Waals surface area contributed by atoms with Gasteiger partial charge >= 0.3 is 0 Å². The topological polar surface area (TPSA) is 31.6 Å². The van der Waals surface area contributed by atoms with Crippen LogP contribution in [-0.2, 0) is 0 Å². The van der Waals surface area contributed by atoms with E-state index in [1.54, 1.807) is 0 Å². The summed E-state index contributed by atoms with van der Waals surface area (Å²) in [5, 5.41) is 7.67. The molecule has 8 aromatic rings. The second kappa shape index (κ2) is 8.58. The van der Waals surface area contributed by atoms with Crippen molar-refractivity contribution in [1.29, 1.82) is 0 Å². The maximum Gasteiger partial charge on any atom is 0.0513 e. The lowest BCUT2D eigenvalue weighted by Crippen LogP contribution is -2.07. The third kappa shape index (κ3) is 3.25. The quantitative estimate of drug-likeness (QED) is 0.212. The number of aromatic nitrogens is 2. The summed E-state index contributed by atoms with van der Waals surface area (Å²) < 4.78 is 0. The molecule has 0 aliphatic heterocycles. The Balaban J connectivity index is 1.53. The zero-order valence-electron chi connectivity index (χ0n) is 22.4. The van der Waals surface area contributed by atoms with Crippen molar-refractivity contribution in [3.05, 3.63) is 167 Å². The van der Waals surface area contributed by atoms with Gasteiger partial charge in [-0.2, -0.15) is 0 Å². The van der Waals surface area contributed by atoms with Crippen LogP contribution in [0.15, 0.2) is 133 Å². The summed E-state index contributed by atoms with van der Waals surface area (Å²) in [7, 11) is 0. The number of hydrogen-bond donors (Lipinski definition) is 2. The number of hydrogen-bond acceptors (Lipinski definition) is 0. The van der Waals surface area contributed by atoms with Gasteiger partial charge in [-0.25, -0.2) is 0 Å². The second-order valence-electron chi connectivity index (χ2n) is 11.0. The predicted molar refractivity (Wildman–Crippen MR) is 172 cm³/mol. The zero-order chi connectivity index (χ0) is 26.9. The molecule has 2 heterocycles. The monoisotopic (exact) mass is 522 g/mol. The van der Waals surface area contributed by atoms with Crippen LogP contribution < -0.4 is 0 Å². The minimum Gasteiger partial charge on any atom is -0.355 e. The average Bonchev–Trinajstić information content (AvgIpc) is 3.55. The number of benzene rings is 6. The average molecular weight is 523 g/mol.